The van der Waals surface area contributed by atoms with Gasteiger partial charge in [0.15, 0.2) is 0 Å². The molecule has 0 radical (unpaired) electrons. The number of piperidine rings is 1. The summed E-state index contributed by atoms with van der Waals surface area (Å²) in [5, 5.41) is 6.74. The Balaban J connectivity index is 1.57. The number of nitrogen functional groups attached to an aromatic ring is 1. The Morgan fingerprint density at radius 1 is 1.10 bits per heavy atom. The number of aromatic nitrogens is 3. The lowest BCUT2D eigenvalue weighted by Crippen LogP contribution is -2.39. The first kappa shape index (κ1) is 21.1. The Bertz CT molecular complexity index is 1050. The fourth-order valence-electron chi connectivity index (χ4n) is 3.67. The van der Waals surface area contributed by atoms with E-state index in [-0.39, 0.29) is 12.0 Å². The fraction of sp³-hybridized carbons (Fsp3) is 0.375. The summed E-state index contributed by atoms with van der Waals surface area (Å²) in [6.45, 7) is 6.97. The van der Waals surface area contributed by atoms with E-state index < -0.39 is 5.41 Å². The number of nitrogens with zero attached hydrogens (tertiary/aromatic N) is 4. The van der Waals surface area contributed by atoms with Gasteiger partial charge in [-0.25, -0.2) is 4.79 Å². The molecule has 7 nitrogen and oxygen atoms in total. The molecule has 1 saturated heterocycles. The average molecular weight is 420 g/mol. The van der Waals surface area contributed by atoms with E-state index in [0.717, 1.165) is 35.2 Å². The van der Waals surface area contributed by atoms with Gasteiger partial charge >= 0.3 is 5.97 Å². The number of carbonyl (C=O) groups is 1. The number of anilines is 1. The molecule has 162 valence electrons. The van der Waals surface area contributed by atoms with Crippen molar-refractivity contribution in [3.63, 3.8) is 0 Å². The second kappa shape index (κ2) is 8.51. The van der Waals surface area contributed by atoms with Gasteiger partial charge < -0.3 is 10.6 Å². The van der Waals surface area contributed by atoms with Crippen molar-refractivity contribution in [3.05, 3.63) is 55.0 Å². The standard InChI is InChI=1S/C24H29N5O2/c1-24(2,3)23(30)31-28-13-9-20(10-14-28)29-16-21(17-7-11-26-12-8-17)22(27-29)18-5-4-6-19(25)15-18/h4-8,11-12,15-16,20H,9-10,13-14,25H2,1-3H3. The highest BCUT2D eigenvalue weighted by atomic mass is 16.7. The minimum absolute atomic E-state index is 0.200. The Hall–Kier alpha value is -3.19. The van der Waals surface area contributed by atoms with E-state index in [1.807, 2.05) is 57.2 Å². The predicted octanol–water partition coefficient (Wildman–Crippen LogP) is 4.34. The largest absolute Gasteiger partial charge is 0.399 e. The van der Waals surface area contributed by atoms with Crippen molar-refractivity contribution in [3.8, 4) is 22.4 Å². The van der Waals surface area contributed by atoms with Gasteiger partial charge in [0, 0.05) is 48.5 Å². The molecule has 0 amide bonds. The van der Waals surface area contributed by atoms with E-state index in [1.54, 1.807) is 17.5 Å². The molecule has 3 aromatic rings. The van der Waals surface area contributed by atoms with Crippen molar-refractivity contribution < 1.29 is 9.63 Å². The molecule has 2 aromatic heterocycles. The van der Waals surface area contributed by atoms with Crippen LogP contribution in [0.1, 0.15) is 39.7 Å². The quantitative estimate of drug-likeness (QED) is 0.633. The van der Waals surface area contributed by atoms with E-state index in [0.29, 0.717) is 18.8 Å². The van der Waals surface area contributed by atoms with E-state index in [9.17, 15) is 4.79 Å². The minimum atomic E-state index is -0.509. The van der Waals surface area contributed by atoms with Crippen LogP contribution in [-0.4, -0.2) is 38.9 Å². The second-order valence-corrected chi connectivity index (χ2v) is 9.02. The second-order valence-electron chi connectivity index (χ2n) is 9.02. The third-order valence-corrected chi connectivity index (χ3v) is 5.51. The normalized spacial score (nSPS) is 15.7. The van der Waals surface area contributed by atoms with Crippen LogP contribution in [0.15, 0.2) is 55.0 Å². The van der Waals surface area contributed by atoms with Gasteiger partial charge in [0.2, 0.25) is 0 Å². The molecule has 7 heteroatoms. The summed E-state index contributed by atoms with van der Waals surface area (Å²) in [5.41, 5.74) is 10.2. The van der Waals surface area contributed by atoms with Crippen molar-refractivity contribution in [2.75, 3.05) is 18.8 Å². The number of carbonyl (C=O) groups excluding carboxylic acids is 1. The molecule has 1 aliphatic rings. The summed E-state index contributed by atoms with van der Waals surface area (Å²) < 4.78 is 2.05. The smallest absolute Gasteiger partial charge is 0.330 e. The number of benzene rings is 1. The Morgan fingerprint density at radius 2 is 1.81 bits per heavy atom. The number of hydroxylamine groups is 2. The van der Waals surface area contributed by atoms with Crippen LogP contribution in [-0.2, 0) is 9.63 Å². The van der Waals surface area contributed by atoms with Gasteiger partial charge in [0.25, 0.3) is 0 Å². The lowest BCUT2D eigenvalue weighted by molar-refractivity contribution is -0.205. The van der Waals surface area contributed by atoms with Crippen molar-refractivity contribution in [1.29, 1.82) is 0 Å². The number of hydrogen-bond acceptors (Lipinski definition) is 6. The molecule has 0 unspecified atom stereocenters. The lowest BCUT2D eigenvalue weighted by atomic mass is 9.98. The summed E-state index contributed by atoms with van der Waals surface area (Å²) in [6, 6.07) is 12.0. The average Bonchev–Trinajstić information content (AvgIpc) is 3.20. The SMILES string of the molecule is CC(C)(C)C(=O)ON1CCC(n2cc(-c3ccncc3)c(-c3cccc(N)c3)n2)CC1. The molecule has 3 heterocycles. The van der Waals surface area contributed by atoms with Crippen LogP contribution in [0.2, 0.25) is 0 Å². The van der Waals surface area contributed by atoms with Gasteiger partial charge in [-0.2, -0.15) is 5.10 Å². The van der Waals surface area contributed by atoms with E-state index in [4.69, 9.17) is 15.7 Å². The zero-order valence-electron chi connectivity index (χ0n) is 18.3. The van der Waals surface area contributed by atoms with Crippen molar-refractivity contribution in [1.82, 2.24) is 19.8 Å². The first-order valence-electron chi connectivity index (χ1n) is 10.6. The number of nitrogens with two attached hydrogens (primary N) is 1. The van der Waals surface area contributed by atoms with Crippen molar-refractivity contribution in [2.24, 2.45) is 5.41 Å². The molecular formula is C24H29N5O2. The van der Waals surface area contributed by atoms with Gasteiger partial charge in [-0.1, -0.05) is 12.1 Å². The van der Waals surface area contributed by atoms with Crippen LogP contribution >= 0.6 is 0 Å². The molecule has 1 fully saturated rings. The van der Waals surface area contributed by atoms with Crippen molar-refractivity contribution in [2.45, 2.75) is 39.7 Å². The maximum absolute atomic E-state index is 12.2. The molecule has 4 rings (SSSR count). The number of rotatable bonds is 4. The molecule has 0 aliphatic carbocycles. The van der Waals surface area contributed by atoms with E-state index in [1.165, 1.54) is 0 Å². The van der Waals surface area contributed by atoms with Gasteiger partial charge in [0.05, 0.1) is 11.5 Å². The zero-order chi connectivity index (χ0) is 22.0. The summed E-state index contributed by atoms with van der Waals surface area (Å²) in [6.07, 6.45) is 7.39. The molecule has 0 spiro atoms. The summed E-state index contributed by atoms with van der Waals surface area (Å²) in [7, 11) is 0. The van der Waals surface area contributed by atoms with Crippen molar-refractivity contribution >= 4 is 11.7 Å². The highest BCUT2D eigenvalue weighted by Gasteiger charge is 2.29. The van der Waals surface area contributed by atoms with Crippen LogP contribution < -0.4 is 5.73 Å². The highest BCUT2D eigenvalue weighted by Crippen LogP contribution is 2.34. The Labute approximate surface area is 182 Å². The fourth-order valence-corrected chi connectivity index (χ4v) is 3.67. The van der Waals surface area contributed by atoms with Gasteiger partial charge in [-0.3, -0.25) is 9.67 Å². The Morgan fingerprint density at radius 3 is 2.45 bits per heavy atom. The van der Waals surface area contributed by atoms with E-state index in [2.05, 4.69) is 15.9 Å². The first-order chi connectivity index (χ1) is 14.8. The molecule has 1 aromatic carbocycles. The summed E-state index contributed by atoms with van der Waals surface area (Å²) >= 11 is 0. The molecule has 2 N–H and O–H groups in total. The number of hydrogen-bond donors (Lipinski definition) is 1. The molecule has 0 bridgehead atoms. The Kier molecular flexibility index (Phi) is 5.78. The minimum Gasteiger partial charge on any atom is -0.399 e. The van der Waals surface area contributed by atoms with Crippen LogP contribution in [0.5, 0.6) is 0 Å². The van der Waals surface area contributed by atoms with Gasteiger partial charge in [0.1, 0.15) is 5.69 Å². The predicted molar refractivity (Wildman–Crippen MR) is 121 cm³/mol. The lowest BCUT2D eigenvalue weighted by Gasteiger charge is -2.32. The monoisotopic (exact) mass is 419 g/mol. The molecule has 0 saturated carbocycles. The van der Waals surface area contributed by atoms with Gasteiger partial charge in [-0.05, 0) is 63.4 Å². The van der Waals surface area contributed by atoms with Crippen LogP contribution in [0.4, 0.5) is 5.69 Å². The third-order valence-electron chi connectivity index (χ3n) is 5.51. The molecule has 0 atom stereocenters. The summed E-state index contributed by atoms with van der Waals surface area (Å²) in [4.78, 5) is 21.9. The topological polar surface area (TPSA) is 86.3 Å². The van der Waals surface area contributed by atoms with Gasteiger partial charge in [-0.15, -0.1) is 5.06 Å². The number of pyridine rings is 1. The maximum atomic E-state index is 12.2. The summed E-state index contributed by atoms with van der Waals surface area (Å²) in [5.74, 6) is -0.200. The van der Waals surface area contributed by atoms with E-state index >= 15 is 0 Å². The first-order valence-corrected chi connectivity index (χ1v) is 10.6. The maximum Gasteiger partial charge on any atom is 0.330 e. The third kappa shape index (κ3) is 4.77. The molecular weight excluding hydrogens is 390 g/mol. The highest BCUT2D eigenvalue weighted by molar-refractivity contribution is 5.81. The van der Waals surface area contributed by atoms with Crippen LogP contribution in [0.3, 0.4) is 0 Å². The molecule has 31 heavy (non-hydrogen) atoms. The van der Waals surface area contributed by atoms with Crippen LogP contribution in [0, 0.1) is 5.41 Å². The zero-order valence-corrected chi connectivity index (χ0v) is 18.3. The van der Waals surface area contributed by atoms with Crippen LogP contribution in [0.25, 0.3) is 22.4 Å². The molecule has 1 aliphatic heterocycles.